The average molecular weight is 203 g/mol. The van der Waals surface area contributed by atoms with Crippen LogP contribution in [0.1, 0.15) is 50.3 Å². The first-order valence-corrected chi connectivity index (χ1v) is 5.92. The van der Waals surface area contributed by atoms with Crippen molar-refractivity contribution in [2.45, 2.75) is 46.0 Å². The van der Waals surface area contributed by atoms with Crippen LogP contribution in [0.4, 0.5) is 0 Å². The van der Waals surface area contributed by atoms with Gasteiger partial charge in [0.25, 0.3) is 0 Å². The van der Waals surface area contributed by atoms with Crippen LogP contribution in [-0.4, -0.2) is 4.98 Å². The lowest BCUT2D eigenvalue weighted by Crippen LogP contribution is -1.80. The molecule has 15 heavy (non-hydrogen) atoms. The van der Waals surface area contributed by atoms with Gasteiger partial charge in [0.2, 0.25) is 0 Å². The van der Waals surface area contributed by atoms with Crippen molar-refractivity contribution >= 4 is 6.08 Å². The van der Waals surface area contributed by atoms with Crippen LogP contribution in [-0.2, 0) is 0 Å². The van der Waals surface area contributed by atoms with Crippen LogP contribution in [0, 0.1) is 6.92 Å². The first-order valence-electron chi connectivity index (χ1n) is 5.92. The van der Waals surface area contributed by atoms with E-state index in [9.17, 15) is 0 Å². The topological polar surface area (TPSA) is 12.9 Å². The number of pyridine rings is 1. The highest BCUT2D eigenvalue weighted by Gasteiger charge is 1.88. The minimum Gasteiger partial charge on any atom is -0.257 e. The molecule has 0 atom stereocenters. The highest BCUT2D eigenvalue weighted by atomic mass is 14.7. The molecule has 0 radical (unpaired) electrons. The Morgan fingerprint density at radius 3 is 2.73 bits per heavy atom. The normalized spacial score (nSPS) is 11.1. The molecule has 1 heterocycles. The molecule has 0 aliphatic rings. The van der Waals surface area contributed by atoms with Gasteiger partial charge in [-0.1, -0.05) is 38.3 Å². The Morgan fingerprint density at radius 2 is 2.07 bits per heavy atom. The maximum atomic E-state index is 4.33. The Hall–Kier alpha value is -1.11. The lowest BCUT2D eigenvalue weighted by Gasteiger charge is -1.95. The standard InChI is InChI=1S/C14H21N/c1-3-4-5-6-7-8-9-14-11-10-13(2)12-15-14/h8-12H,3-7H2,1-2H3. The number of aryl methyl sites for hydroxylation is 1. The van der Waals surface area contributed by atoms with Crippen LogP contribution in [0.15, 0.2) is 24.4 Å². The molecule has 0 amide bonds. The number of nitrogens with zero attached hydrogens (tertiary/aromatic N) is 1. The van der Waals surface area contributed by atoms with E-state index in [1.165, 1.54) is 37.7 Å². The zero-order valence-electron chi connectivity index (χ0n) is 9.87. The summed E-state index contributed by atoms with van der Waals surface area (Å²) in [5.74, 6) is 0. The monoisotopic (exact) mass is 203 g/mol. The van der Waals surface area contributed by atoms with E-state index >= 15 is 0 Å². The summed E-state index contributed by atoms with van der Waals surface area (Å²) in [6, 6.07) is 4.17. The first kappa shape index (κ1) is 12.0. The molecule has 0 N–H and O–H groups in total. The molecule has 0 unspecified atom stereocenters. The van der Waals surface area contributed by atoms with Gasteiger partial charge in [-0.15, -0.1) is 0 Å². The van der Waals surface area contributed by atoms with E-state index in [-0.39, 0.29) is 0 Å². The molecule has 1 aromatic heterocycles. The molecule has 1 aromatic rings. The fraction of sp³-hybridized carbons (Fsp3) is 0.500. The molecule has 0 fully saturated rings. The third-order valence-corrected chi connectivity index (χ3v) is 2.45. The van der Waals surface area contributed by atoms with Crippen LogP contribution in [0.2, 0.25) is 0 Å². The largest absolute Gasteiger partial charge is 0.257 e. The fourth-order valence-corrected chi connectivity index (χ4v) is 1.47. The predicted octanol–water partition coefficient (Wildman–Crippen LogP) is 4.37. The SMILES string of the molecule is CCCCCCC=Cc1ccc(C)cn1. The van der Waals surface area contributed by atoms with Crippen molar-refractivity contribution in [3.63, 3.8) is 0 Å². The fourth-order valence-electron chi connectivity index (χ4n) is 1.47. The van der Waals surface area contributed by atoms with Gasteiger partial charge >= 0.3 is 0 Å². The summed E-state index contributed by atoms with van der Waals surface area (Å²) in [5.41, 5.74) is 2.28. The Kier molecular flexibility index (Phi) is 5.76. The molecule has 1 heteroatoms. The lowest BCUT2D eigenvalue weighted by atomic mass is 10.1. The van der Waals surface area contributed by atoms with Crippen molar-refractivity contribution in [3.05, 3.63) is 35.7 Å². The van der Waals surface area contributed by atoms with Crippen molar-refractivity contribution in [1.82, 2.24) is 4.98 Å². The second-order valence-electron chi connectivity index (χ2n) is 4.01. The van der Waals surface area contributed by atoms with Crippen LogP contribution in [0.3, 0.4) is 0 Å². The molecule has 0 aliphatic carbocycles. The highest BCUT2D eigenvalue weighted by Crippen LogP contribution is 2.05. The number of rotatable bonds is 6. The van der Waals surface area contributed by atoms with Gasteiger partial charge in [-0.25, -0.2) is 0 Å². The number of unbranched alkanes of at least 4 members (excludes halogenated alkanes) is 4. The van der Waals surface area contributed by atoms with Gasteiger partial charge < -0.3 is 0 Å². The van der Waals surface area contributed by atoms with Gasteiger partial charge in [-0.05, 0) is 37.5 Å². The summed E-state index contributed by atoms with van der Waals surface area (Å²) in [4.78, 5) is 4.33. The molecule has 0 saturated heterocycles. The smallest absolute Gasteiger partial charge is 0.0626 e. The predicted molar refractivity (Wildman–Crippen MR) is 66.8 cm³/mol. The van der Waals surface area contributed by atoms with E-state index in [0.29, 0.717) is 0 Å². The quantitative estimate of drug-likeness (QED) is 0.625. The summed E-state index contributed by atoms with van der Waals surface area (Å²) in [7, 11) is 0. The average Bonchev–Trinajstić information content (AvgIpc) is 2.26. The van der Waals surface area contributed by atoms with Crippen LogP contribution < -0.4 is 0 Å². The molecule has 0 bridgehead atoms. The van der Waals surface area contributed by atoms with Crippen LogP contribution >= 0.6 is 0 Å². The molecule has 0 spiro atoms. The molecule has 0 aliphatic heterocycles. The Labute approximate surface area is 93.2 Å². The summed E-state index contributed by atoms with van der Waals surface area (Å²) in [6.07, 6.45) is 12.8. The molecular formula is C14H21N. The molecule has 0 aromatic carbocycles. The molecule has 82 valence electrons. The van der Waals surface area contributed by atoms with Gasteiger partial charge in [0.05, 0.1) is 5.69 Å². The van der Waals surface area contributed by atoms with E-state index in [1.807, 2.05) is 6.20 Å². The third kappa shape index (κ3) is 5.36. The Balaban J connectivity index is 2.23. The van der Waals surface area contributed by atoms with Crippen LogP contribution in [0.5, 0.6) is 0 Å². The zero-order valence-corrected chi connectivity index (χ0v) is 9.87. The molecular weight excluding hydrogens is 182 g/mol. The minimum absolute atomic E-state index is 1.07. The van der Waals surface area contributed by atoms with Crippen molar-refractivity contribution in [3.8, 4) is 0 Å². The van der Waals surface area contributed by atoms with Gasteiger partial charge in [-0.3, -0.25) is 4.98 Å². The minimum atomic E-state index is 1.07. The molecule has 1 nitrogen and oxygen atoms in total. The van der Waals surface area contributed by atoms with E-state index in [1.54, 1.807) is 0 Å². The molecule has 0 saturated carbocycles. The van der Waals surface area contributed by atoms with E-state index in [0.717, 1.165) is 5.69 Å². The summed E-state index contributed by atoms with van der Waals surface area (Å²) >= 11 is 0. The van der Waals surface area contributed by atoms with E-state index < -0.39 is 0 Å². The van der Waals surface area contributed by atoms with Crippen molar-refractivity contribution in [2.75, 3.05) is 0 Å². The summed E-state index contributed by atoms with van der Waals surface area (Å²) < 4.78 is 0. The second-order valence-corrected chi connectivity index (χ2v) is 4.01. The lowest BCUT2D eigenvalue weighted by molar-refractivity contribution is 0.675. The van der Waals surface area contributed by atoms with Gasteiger partial charge in [0, 0.05) is 6.20 Å². The second kappa shape index (κ2) is 7.22. The summed E-state index contributed by atoms with van der Waals surface area (Å²) in [5, 5.41) is 0. The highest BCUT2D eigenvalue weighted by molar-refractivity contribution is 5.44. The van der Waals surface area contributed by atoms with Gasteiger partial charge in [0.15, 0.2) is 0 Å². The van der Waals surface area contributed by atoms with Crippen molar-refractivity contribution < 1.29 is 0 Å². The summed E-state index contributed by atoms with van der Waals surface area (Å²) in [6.45, 7) is 4.30. The van der Waals surface area contributed by atoms with Crippen molar-refractivity contribution in [1.29, 1.82) is 0 Å². The zero-order chi connectivity index (χ0) is 10.9. The van der Waals surface area contributed by atoms with E-state index in [2.05, 4.69) is 43.1 Å². The number of hydrogen-bond acceptors (Lipinski definition) is 1. The number of allylic oxidation sites excluding steroid dienone is 1. The van der Waals surface area contributed by atoms with Crippen LogP contribution in [0.25, 0.3) is 6.08 Å². The third-order valence-electron chi connectivity index (χ3n) is 2.45. The van der Waals surface area contributed by atoms with Gasteiger partial charge in [-0.2, -0.15) is 0 Å². The Morgan fingerprint density at radius 1 is 1.20 bits per heavy atom. The maximum Gasteiger partial charge on any atom is 0.0626 e. The number of hydrogen-bond donors (Lipinski definition) is 0. The maximum absolute atomic E-state index is 4.33. The Bertz CT molecular complexity index is 285. The molecule has 1 rings (SSSR count). The van der Waals surface area contributed by atoms with E-state index in [4.69, 9.17) is 0 Å². The number of aromatic nitrogens is 1. The van der Waals surface area contributed by atoms with Gasteiger partial charge in [0.1, 0.15) is 0 Å². The first-order chi connectivity index (χ1) is 7.33. The van der Waals surface area contributed by atoms with Crippen molar-refractivity contribution in [2.24, 2.45) is 0 Å².